The van der Waals surface area contributed by atoms with Crippen molar-refractivity contribution in [1.82, 2.24) is 0 Å². The van der Waals surface area contributed by atoms with Crippen molar-refractivity contribution in [2.24, 2.45) is 45.8 Å². The van der Waals surface area contributed by atoms with E-state index in [1.807, 2.05) is 27.7 Å². The van der Waals surface area contributed by atoms with E-state index in [-0.39, 0.29) is 50.7 Å². The van der Waals surface area contributed by atoms with Crippen LogP contribution in [0.15, 0.2) is 0 Å². The van der Waals surface area contributed by atoms with Crippen LogP contribution in [0, 0.1) is 45.8 Å². The molecule has 2 atom stereocenters. The first kappa shape index (κ1) is 81.7. The number of hydrogen-bond donors (Lipinski definition) is 0. The van der Waals surface area contributed by atoms with E-state index in [9.17, 15) is 43.2 Å². The van der Waals surface area contributed by atoms with Crippen molar-refractivity contribution < 1.29 is 85.8 Å². The molecular weight excluding hydrogens is 1030 g/mol. The summed E-state index contributed by atoms with van der Waals surface area (Å²) in [6.07, 6.45) is 17.3. The molecule has 80 heavy (non-hydrogen) atoms. The Balaban J connectivity index is -0.000000526. The van der Waals surface area contributed by atoms with E-state index in [4.69, 9.17) is 42.6 Å². The third kappa shape index (κ3) is 25.2. The van der Waals surface area contributed by atoms with Crippen LogP contribution >= 0.6 is 0 Å². The number of ether oxygens (including phenoxy) is 9. The molecular formula is C62H114O18. The molecule has 0 aromatic heterocycles. The number of esters is 9. The summed E-state index contributed by atoms with van der Waals surface area (Å²) in [4.78, 5) is 106. The van der Waals surface area contributed by atoms with Crippen LogP contribution in [-0.2, 0) is 85.8 Å². The largest absolute Gasteiger partial charge is 0.460 e. The molecule has 0 heterocycles. The van der Waals surface area contributed by atoms with Gasteiger partial charge >= 0.3 is 53.7 Å². The molecule has 0 radical (unpaired) electrons. The first-order valence-corrected chi connectivity index (χ1v) is 27.3. The second-order valence-corrected chi connectivity index (χ2v) is 23.1. The summed E-state index contributed by atoms with van der Waals surface area (Å²) >= 11 is 0. The van der Waals surface area contributed by atoms with Crippen LogP contribution in [0.4, 0.5) is 0 Å². The fourth-order valence-corrected chi connectivity index (χ4v) is 10.5. The summed E-state index contributed by atoms with van der Waals surface area (Å²) in [7, 11) is 0. The molecule has 6 aliphatic rings. The maximum absolute atomic E-state index is 12.4. The Morgan fingerprint density at radius 3 is 1.11 bits per heavy atom. The molecule has 6 aliphatic carbocycles. The van der Waals surface area contributed by atoms with Crippen LogP contribution in [0.2, 0.25) is 0 Å². The Kier molecular flexibility index (Phi) is 38.1. The van der Waals surface area contributed by atoms with E-state index >= 15 is 0 Å². The van der Waals surface area contributed by atoms with Crippen molar-refractivity contribution in [3.8, 4) is 0 Å². The SMILES string of the molecule is C.C.C.C.C.C.CCC(C)(C)C(=O)OCC(=O)OCC(=O)OC1(C)CCCC1.CCC(C)(C)C(=O)OCC(=O)OCC(=O)OC1(CC)C2CC3CC(C2)CC1C3.CCC1CCCCC1OC(=O)COC(=O)COC(=O)C(C)(C)CC. The van der Waals surface area contributed by atoms with Gasteiger partial charge in [-0.3, -0.25) is 14.4 Å². The second kappa shape index (κ2) is 37.4. The van der Waals surface area contributed by atoms with Crippen molar-refractivity contribution >= 4 is 53.7 Å². The van der Waals surface area contributed by atoms with Crippen molar-refractivity contribution in [2.75, 3.05) is 39.6 Å². The number of carbonyl (C=O) groups excluding carboxylic acids is 9. The highest BCUT2D eigenvalue weighted by Gasteiger charge is 2.58. The van der Waals surface area contributed by atoms with Gasteiger partial charge in [-0.1, -0.05) is 85.6 Å². The molecule has 6 saturated carbocycles. The summed E-state index contributed by atoms with van der Waals surface area (Å²) in [5.41, 5.74) is -2.77. The number of carbonyl (C=O) groups is 9. The highest BCUT2D eigenvalue weighted by atomic mass is 16.6. The molecule has 0 aromatic rings. The average molecular weight is 1150 g/mol. The Labute approximate surface area is 483 Å². The van der Waals surface area contributed by atoms with Crippen LogP contribution < -0.4 is 0 Å². The first-order chi connectivity index (χ1) is 34.7. The Morgan fingerprint density at radius 1 is 0.425 bits per heavy atom. The zero-order valence-corrected chi connectivity index (χ0v) is 46.8. The highest BCUT2D eigenvalue weighted by Crippen LogP contribution is 2.60. The van der Waals surface area contributed by atoms with Gasteiger partial charge in [0, 0.05) is 0 Å². The smallest absolute Gasteiger partial charge is 0.344 e. The summed E-state index contributed by atoms with van der Waals surface area (Å²) < 4.78 is 46.1. The van der Waals surface area contributed by atoms with Gasteiger partial charge in [-0.2, -0.15) is 0 Å². The monoisotopic (exact) mass is 1150 g/mol. The van der Waals surface area contributed by atoms with Crippen molar-refractivity contribution in [1.29, 1.82) is 0 Å². The third-order valence-corrected chi connectivity index (χ3v) is 16.4. The fraction of sp³-hybridized carbons (Fsp3) is 0.855. The summed E-state index contributed by atoms with van der Waals surface area (Å²) in [5, 5.41) is 0. The molecule has 18 heteroatoms. The quantitative estimate of drug-likeness (QED) is 0.0683. The van der Waals surface area contributed by atoms with Crippen LogP contribution in [-0.4, -0.2) is 111 Å². The average Bonchev–Trinajstić information content (AvgIpc) is 3.80. The molecule has 0 amide bonds. The molecule has 6 fully saturated rings. The van der Waals surface area contributed by atoms with Crippen molar-refractivity contribution in [3.05, 3.63) is 0 Å². The lowest BCUT2D eigenvalue weighted by Crippen LogP contribution is -2.59. The number of rotatable bonds is 23. The van der Waals surface area contributed by atoms with Gasteiger partial charge in [0.1, 0.15) is 17.3 Å². The minimum atomic E-state index is -0.756. The lowest BCUT2D eigenvalue weighted by atomic mass is 9.49. The normalized spacial score (nSPS) is 22.6. The molecule has 2 unspecified atom stereocenters. The van der Waals surface area contributed by atoms with Crippen molar-refractivity contribution in [3.63, 3.8) is 0 Å². The maximum atomic E-state index is 12.4. The molecule has 18 nitrogen and oxygen atoms in total. The van der Waals surface area contributed by atoms with Gasteiger partial charge in [-0.15, -0.1) is 0 Å². The first-order valence-electron chi connectivity index (χ1n) is 27.3. The van der Waals surface area contributed by atoms with E-state index in [0.717, 1.165) is 95.3 Å². The topological polar surface area (TPSA) is 237 Å². The Morgan fingerprint density at radius 2 is 0.762 bits per heavy atom. The van der Waals surface area contributed by atoms with E-state index in [1.165, 1.54) is 12.8 Å². The summed E-state index contributed by atoms with van der Waals surface area (Å²) in [6, 6.07) is 0. The zero-order chi connectivity index (χ0) is 55.5. The Bertz CT molecular complexity index is 1880. The van der Waals surface area contributed by atoms with Gasteiger partial charge in [-0.25, -0.2) is 28.8 Å². The van der Waals surface area contributed by atoms with Gasteiger partial charge in [0.2, 0.25) is 0 Å². The molecule has 0 spiro atoms. The molecule has 0 N–H and O–H groups in total. The fourth-order valence-electron chi connectivity index (χ4n) is 10.5. The molecule has 0 aromatic carbocycles. The van der Waals surface area contributed by atoms with Gasteiger partial charge in [-0.05, 0) is 187 Å². The maximum Gasteiger partial charge on any atom is 0.344 e. The predicted octanol–water partition coefficient (Wildman–Crippen LogP) is 12.9. The lowest BCUT2D eigenvalue weighted by molar-refractivity contribution is -0.214. The van der Waals surface area contributed by atoms with Crippen LogP contribution in [0.25, 0.3) is 0 Å². The lowest BCUT2D eigenvalue weighted by Gasteiger charge is -2.60. The minimum absolute atomic E-state index is 0. The molecule has 6 rings (SSSR count). The van der Waals surface area contributed by atoms with Gasteiger partial charge in [0.25, 0.3) is 0 Å². The second-order valence-electron chi connectivity index (χ2n) is 23.1. The standard InChI is InChI=1S/C22H34O6.C18H30O6.C16H26O6.6CH4/c1-5-21(3,4)20(25)27-12-18(23)26-13-19(24)28-22(6-2)16-8-14-7-15(10-16)11-17(22)9-14;1-5-13-9-7-8-10-14(13)24-16(20)12-22-15(19)11-23-17(21)18(3,4)6-2;1-5-15(2,3)14(19)21-10-12(17)20-11-13(18)22-16(4)8-6-7-9-16;;;;;;/h14-17H,5-13H2,1-4H3;13-14H,5-12H2,1-4H3;5-11H2,1-4H3;6*1H4. The third-order valence-electron chi connectivity index (χ3n) is 16.4. The van der Waals surface area contributed by atoms with Crippen LogP contribution in [0.5, 0.6) is 0 Å². The van der Waals surface area contributed by atoms with E-state index in [2.05, 4.69) is 13.8 Å². The summed E-state index contributed by atoms with van der Waals surface area (Å²) in [5.74, 6) is -2.38. The van der Waals surface area contributed by atoms with E-state index in [0.29, 0.717) is 37.0 Å². The molecule has 0 saturated heterocycles. The van der Waals surface area contributed by atoms with Gasteiger partial charge < -0.3 is 42.6 Å². The van der Waals surface area contributed by atoms with Crippen molar-refractivity contribution in [2.45, 2.75) is 261 Å². The molecule has 470 valence electrons. The Hall–Kier alpha value is -4.77. The van der Waals surface area contributed by atoms with Crippen LogP contribution in [0.1, 0.15) is 243 Å². The molecule has 4 bridgehead atoms. The zero-order valence-electron chi connectivity index (χ0n) is 46.8. The minimum Gasteiger partial charge on any atom is -0.460 e. The summed E-state index contributed by atoms with van der Waals surface area (Å²) in [6.45, 7) is 19.3. The van der Waals surface area contributed by atoms with Gasteiger partial charge in [0.05, 0.1) is 16.2 Å². The predicted molar refractivity (Wildman–Crippen MR) is 310 cm³/mol. The van der Waals surface area contributed by atoms with E-state index < -0.39 is 121 Å². The van der Waals surface area contributed by atoms with E-state index in [1.54, 1.807) is 41.5 Å². The van der Waals surface area contributed by atoms with Gasteiger partial charge in [0.15, 0.2) is 39.6 Å². The highest BCUT2D eigenvalue weighted by molar-refractivity contribution is 5.83. The number of hydrogen-bond acceptors (Lipinski definition) is 18. The van der Waals surface area contributed by atoms with Crippen LogP contribution in [0.3, 0.4) is 0 Å². The molecule has 0 aliphatic heterocycles.